The number of hydrogen-bond acceptors (Lipinski definition) is 1. The highest BCUT2D eigenvalue weighted by Gasteiger charge is 2.76. The van der Waals surface area contributed by atoms with Gasteiger partial charge in [0.05, 0.1) is 0 Å². The summed E-state index contributed by atoms with van der Waals surface area (Å²) in [5.74, 6) is -10.1. The molecule has 1 nitrogen and oxygen atoms in total. The van der Waals surface area contributed by atoms with Crippen LogP contribution in [-0.2, 0) is 4.79 Å². The zero-order valence-electron chi connectivity index (χ0n) is 6.69. The van der Waals surface area contributed by atoms with Crippen LogP contribution in [0.1, 0.15) is 0 Å². The van der Waals surface area contributed by atoms with Gasteiger partial charge in [-0.05, 0) is 11.6 Å². The number of alkyl halides is 10. The SMILES string of the molecule is O=C(C(F)(F)F)C(F)(Cl)C(F)(F)C(F)(F)Cl. The van der Waals surface area contributed by atoms with E-state index in [-0.39, 0.29) is 0 Å². The Bertz CT molecular complexity index is 290. The molecule has 0 heterocycles. The predicted molar refractivity (Wildman–Crippen MR) is 36.5 cm³/mol. The first-order valence-electron chi connectivity index (χ1n) is 3.09. The Kier molecular flexibility index (Phi) is 3.79. The maximum atomic E-state index is 12.6. The van der Waals surface area contributed by atoms with Crippen LogP contribution in [0, 0.1) is 0 Å². The standard InChI is InChI=1S/C5Cl2F8O/c6-2(8,1(16)3(9,10)11)4(12,13)5(7,14)15. The maximum absolute atomic E-state index is 12.6. The second-order valence-electron chi connectivity index (χ2n) is 2.47. The summed E-state index contributed by atoms with van der Waals surface area (Å²) in [7, 11) is 0. The lowest BCUT2D eigenvalue weighted by Gasteiger charge is -2.29. The number of ketones is 1. The number of Topliss-reactive ketones (excluding diaryl/α,β-unsaturated/α-hetero) is 1. The summed E-state index contributed by atoms with van der Waals surface area (Å²) in [4.78, 5) is 10.1. The Hall–Kier alpha value is -0.310. The molecule has 0 aliphatic heterocycles. The molecule has 0 aliphatic carbocycles. The van der Waals surface area contributed by atoms with Gasteiger partial charge in [-0.1, -0.05) is 11.6 Å². The highest BCUT2D eigenvalue weighted by molar-refractivity contribution is 6.36. The summed E-state index contributed by atoms with van der Waals surface area (Å²) in [6.45, 7) is 0. The lowest BCUT2D eigenvalue weighted by atomic mass is 10.1. The van der Waals surface area contributed by atoms with Crippen LogP contribution in [0.25, 0.3) is 0 Å². The topological polar surface area (TPSA) is 17.1 Å². The van der Waals surface area contributed by atoms with Gasteiger partial charge in [0, 0.05) is 0 Å². The Labute approximate surface area is 92.3 Å². The molecule has 1 unspecified atom stereocenters. The van der Waals surface area contributed by atoms with Crippen LogP contribution in [0.2, 0.25) is 0 Å². The van der Waals surface area contributed by atoms with Crippen LogP contribution in [0.3, 0.4) is 0 Å². The van der Waals surface area contributed by atoms with Crippen LogP contribution >= 0.6 is 23.2 Å². The molecule has 0 spiro atoms. The zero-order chi connectivity index (χ0) is 13.6. The molecule has 0 aromatic rings. The molecular weight excluding hydrogens is 299 g/mol. The van der Waals surface area contributed by atoms with E-state index in [4.69, 9.17) is 0 Å². The quantitative estimate of drug-likeness (QED) is 0.576. The van der Waals surface area contributed by atoms with E-state index in [9.17, 15) is 39.9 Å². The second-order valence-corrected chi connectivity index (χ2v) is 3.47. The van der Waals surface area contributed by atoms with E-state index in [1.54, 1.807) is 0 Å². The van der Waals surface area contributed by atoms with Gasteiger partial charge in [0.1, 0.15) is 0 Å². The monoisotopic (exact) mass is 298 g/mol. The van der Waals surface area contributed by atoms with Crippen molar-refractivity contribution < 1.29 is 39.9 Å². The van der Waals surface area contributed by atoms with E-state index in [1.807, 2.05) is 0 Å². The van der Waals surface area contributed by atoms with E-state index in [0.29, 0.717) is 0 Å². The highest BCUT2D eigenvalue weighted by atomic mass is 35.5. The largest absolute Gasteiger partial charge is 0.455 e. The van der Waals surface area contributed by atoms with Crippen LogP contribution < -0.4 is 0 Å². The third-order valence-corrected chi connectivity index (χ3v) is 1.94. The average Bonchev–Trinajstić information content (AvgIpc) is 1.98. The fourth-order valence-electron chi connectivity index (χ4n) is 0.499. The van der Waals surface area contributed by atoms with Crippen LogP contribution in [0.15, 0.2) is 0 Å². The minimum atomic E-state index is -6.23. The summed E-state index contributed by atoms with van der Waals surface area (Å²) in [5, 5.41) is -11.4. The molecule has 0 saturated carbocycles. The molecule has 0 aromatic heterocycles. The highest BCUT2D eigenvalue weighted by Crippen LogP contribution is 2.51. The molecule has 16 heavy (non-hydrogen) atoms. The molecule has 96 valence electrons. The molecular formula is C5Cl2F8O. The smallest absolute Gasteiger partial charge is 0.284 e. The molecule has 0 bridgehead atoms. The van der Waals surface area contributed by atoms with Crippen molar-refractivity contribution in [3.8, 4) is 0 Å². The Morgan fingerprint density at radius 1 is 0.812 bits per heavy atom. The molecule has 0 radical (unpaired) electrons. The minimum absolute atomic E-state index is 3.68. The molecule has 1 atom stereocenters. The second kappa shape index (κ2) is 3.86. The number of rotatable bonds is 3. The van der Waals surface area contributed by atoms with E-state index >= 15 is 0 Å². The Morgan fingerprint density at radius 3 is 1.31 bits per heavy atom. The van der Waals surface area contributed by atoms with E-state index in [0.717, 1.165) is 0 Å². The van der Waals surface area contributed by atoms with Gasteiger partial charge in [-0.2, -0.15) is 30.7 Å². The third-order valence-electron chi connectivity index (χ3n) is 1.29. The zero-order valence-corrected chi connectivity index (χ0v) is 8.20. The van der Waals surface area contributed by atoms with Gasteiger partial charge >= 0.3 is 22.6 Å². The van der Waals surface area contributed by atoms with Crippen molar-refractivity contribution in [2.45, 2.75) is 22.6 Å². The third kappa shape index (κ3) is 2.50. The number of carbonyl (C=O) groups excluding carboxylic acids is 1. The first kappa shape index (κ1) is 15.7. The molecule has 11 heteroatoms. The van der Waals surface area contributed by atoms with Gasteiger partial charge in [-0.15, -0.1) is 0 Å². The summed E-state index contributed by atoms with van der Waals surface area (Å²) < 4.78 is 95.9. The molecule has 0 saturated heterocycles. The first-order valence-corrected chi connectivity index (χ1v) is 3.85. The fraction of sp³-hybridized carbons (Fsp3) is 0.800. The summed E-state index contributed by atoms with van der Waals surface area (Å²) in [6.07, 6.45) is -6.15. The normalized spacial score (nSPS) is 18.1. The molecule has 0 rings (SSSR count). The van der Waals surface area contributed by atoms with Crippen LogP contribution in [0.5, 0.6) is 0 Å². The summed E-state index contributed by atoms with van der Waals surface area (Å²) in [5.41, 5.74) is 0. The Morgan fingerprint density at radius 2 is 1.12 bits per heavy atom. The van der Waals surface area contributed by atoms with Crippen LogP contribution in [-0.4, -0.2) is 28.4 Å². The maximum Gasteiger partial charge on any atom is 0.455 e. The van der Waals surface area contributed by atoms with Crippen molar-refractivity contribution in [2.24, 2.45) is 0 Å². The van der Waals surface area contributed by atoms with Crippen molar-refractivity contribution in [3.05, 3.63) is 0 Å². The van der Waals surface area contributed by atoms with E-state index in [1.165, 1.54) is 0 Å². The lowest BCUT2D eigenvalue weighted by Crippen LogP contribution is -2.58. The Balaban J connectivity index is 5.46. The van der Waals surface area contributed by atoms with Gasteiger partial charge in [-0.3, -0.25) is 4.79 Å². The van der Waals surface area contributed by atoms with Gasteiger partial charge in [0.15, 0.2) is 0 Å². The molecule has 0 aliphatic rings. The number of hydrogen-bond donors (Lipinski definition) is 0. The molecule has 0 amide bonds. The van der Waals surface area contributed by atoms with Crippen molar-refractivity contribution in [1.29, 1.82) is 0 Å². The number of carbonyl (C=O) groups is 1. The minimum Gasteiger partial charge on any atom is -0.284 e. The first-order chi connectivity index (χ1) is 6.65. The average molecular weight is 299 g/mol. The van der Waals surface area contributed by atoms with Crippen molar-refractivity contribution >= 4 is 29.0 Å². The molecule has 0 fully saturated rings. The predicted octanol–water partition coefficient (Wildman–Crippen LogP) is 3.49. The fourth-order valence-corrected chi connectivity index (χ4v) is 0.903. The van der Waals surface area contributed by atoms with Crippen molar-refractivity contribution in [2.75, 3.05) is 0 Å². The lowest BCUT2D eigenvalue weighted by molar-refractivity contribution is -0.228. The number of halogens is 10. The molecule has 0 N–H and O–H groups in total. The van der Waals surface area contributed by atoms with Gasteiger partial charge in [0.2, 0.25) is 0 Å². The van der Waals surface area contributed by atoms with E-state index < -0.39 is 28.4 Å². The van der Waals surface area contributed by atoms with Gasteiger partial charge in [-0.25, -0.2) is 4.39 Å². The van der Waals surface area contributed by atoms with E-state index in [2.05, 4.69) is 23.2 Å². The van der Waals surface area contributed by atoms with Crippen molar-refractivity contribution in [1.82, 2.24) is 0 Å². The van der Waals surface area contributed by atoms with Crippen molar-refractivity contribution in [3.63, 3.8) is 0 Å². The summed E-state index contributed by atoms with van der Waals surface area (Å²) >= 11 is 7.57. The van der Waals surface area contributed by atoms with Gasteiger partial charge < -0.3 is 0 Å². The summed E-state index contributed by atoms with van der Waals surface area (Å²) in [6, 6.07) is 0. The molecule has 0 aromatic carbocycles. The van der Waals surface area contributed by atoms with Gasteiger partial charge in [0.25, 0.3) is 5.78 Å². The van der Waals surface area contributed by atoms with Crippen LogP contribution in [0.4, 0.5) is 35.1 Å².